The van der Waals surface area contributed by atoms with Gasteiger partial charge in [0.1, 0.15) is 23.5 Å². The summed E-state index contributed by atoms with van der Waals surface area (Å²) < 4.78 is 22.2. The van der Waals surface area contributed by atoms with E-state index in [2.05, 4.69) is 31.4 Å². The number of aromatic nitrogens is 4. The topological polar surface area (TPSA) is 103 Å². The van der Waals surface area contributed by atoms with Crippen molar-refractivity contribution in [3.05, 3.63) is 53.9 Å². The molecule has 0 saturated heterocycles. The fraction of sp³-hybridized carbons (Fsp3) is 0.200. The minimum absolute atomic E-state index is 0.00470. The minimum atomic E-state index is -0.567. The van der Waals surface area contributed by atoms with Crippen LogP contribution in [-0.4, -0.2) is 25.4 Å². The van der Waals surface area contributed by atoms with Gasteiger partial charge in [-0.25, -0.2) is 19.3 Å². The van der Waals surface area contributed by atoms with E-state index in [1.165, 1.54) is 25.4 Å². The van der Waals surface area contributed by atoms with Crippen LogP contribution in [0.15, 0.2) is 36.8 Å². The third-order valence-corrected chi connectivity index (χ3v) is 5.68. The second-order valence-corrected chi connectivity index (χ2v) is 7.84. The number of hydrogen-bond donors (Lipinski definition) is 2. The van der Waals surface area contributed by atoms with Crippen LogP contribution in [-0.2, 0) is 13.0 Å². The highest BCUT2D eigenvalue weighted by molar-refractivity contribution is 6.08. The monoisotopic (exact) mass is 440 g/mol. The predicted molar refractivity (Wildman–Crippen MR) is 125 cm³/mol. The molecule has 5 rings (SSSR count). The fourth-order valence-electron chi connectivity index (χ4n) is 4.42. The average molecular weight is 440 g/mol. The van der Waals surface area contributed by atoms with Crippen LogP contribution < -0.4 is 10.5 Å². The van der Waals surface area contributed by atoms with E-state index in [9.17, 15) is 4.39 Å². The number of nitrogens with two attached hydrogens (primary N) is 1. The zero-order valence-electron chi connectivity index (χ0n) is 18.2. The average Bonchev–Trinajstić information content (AvgIpc) is 2.99. The van der Waals surface area contributed by atoms with Crippen molar-refractivity contribution in [2.45, 2.75) is 33.2 Å². The highest BCUT2D eigenvalue weighted by Crippen LogP contribution is 2.45. The number of halogens is 1. The molecule has 0 aliphatic carbocycles. The number of nitrogens with zero attached hydrogens (tertiary/aromatic N) is 4. The van der Waals surface area contributed by atoms with E-state index >= 15 is 0 Å². The number of nitrogen functional groups attached to an aromatic ring is 1. The van der Waals surface area contributed by atoms with Gasteiger partial charge in [0.2, 0.25) is 0 Å². The van der Waals surface area contributed by atoms with E-state index in [-0.39, 0.29) is 11.6 Å². The molecule has 0 unspecified atom stereocenters. The van der Waals surface area contributed by atoms with Gasteiger partial charge in [-0.3, -0.25) is 5.41 Å². The van der Waals surface area contributed by atoms with Crippen molar-refractivity contribution in [2.24, 2.45) is 0 Å². The van der Waals surface area contributed by atoms with Crippen LogP contribution >= 0.6 is 0 Å². The van der Waals surface area contributed by atoms with Gasteiger partial charge in [-0.1, -0.05) is 12.0 Å². The van der Waals surface area contributed by atoms with Crippen LogP contribution in [0.2, 0.25) is 0 Å². The Hall–Kier alpha value is -4.25. The number of fused-ring (bicyclic) bond motifs is 5. The zero-order chi connectivity index (χ0) is 23.1. The summed E-state index contributed by atoms with van der Waals surface area (Å²) >= 11 is 0. The van der Waals surface area contributed by atoms with Crippen molar-refractivity contribution in [3.8, 4) is 40.0 Å². The summed E-state index contributed by atoms with van der Waals surface area (Å²) in [6.07, 6.45) is 5.03. The molecule has 0 spiro atoms. The van der Waals surface area contributed by atoms with Gasteiger partial charge in [-0.05, 0) is 55.0 Å². The van der Waals surface area contributed by atoms with Crippen LogP contribution in [0.5, 0.6) is 5.75 Å². The summed E-state index contributed by atoms with van der Waals surface area (Å²) in [4.78, 5) is 13.3. The molecule has 1 aromatic carbocycles. The molecule has 7 nitrogen and oxygen atoms in total. The van der Waals surface area contributed by atoms with Gasteiger partial charge in [0.05, 0.1) is 11.1 Å². The summed E-state index contributed by atoms with van der Waals surface area (Å²) in [7, 11) is 0. The molecule has 8 heteroatoms. The molecule has 164 valence electrons. The third kappa shape index (κ3) is 3.48. The predicted octanol–water partition coefficient (Wildman–Crippen LogP) is 4.58. The largest absolute Gasteiger partial charge is 0.441 e. The first-order valence-electron chi connectivity index (χ1n) is 10.6. The molecule has 0 saturated carbocycles. The van der Waals surface area contributed by atoms with Crippen LogP contribution in [0.4, 0.5) is 10.2 Å². The number of benzene rings is 1. The Balaban J connectivity index is 1.83. The standard InChI is InChI=1S/C25H21FN6O/c1-3-5-17-10-15-6-4-9-32-23(18(15)12-29-17)21(22-24(28)30-13-31-25(22)32)16-7-8-20(19(26)11-16)33-14(2)27/h7-8,10-13,27H,4,6,9H2,1-2H3,(H2,28,30,31). The Labute approximate surface area is 190 Å². The molecule has 4 aromatic rings. The quantitative estimate of drug-likeness (QED) is 0.270. The SMILES string of the molecule is CC#Cc1cc2c(cn1)-c1c(-c3ccc(OC(C)=N)c(F)c3)c3c(N)ncnc3n1CCC2. The van der Waals surface area contributed by atoms with Crippen molar-refractivity contribution < 1.29 is 9.13 Å². The number of pyridine rings is 1. The van der Waals surface area contributed by atoms with Gasteiger partial charge >= 0.3 is 0 Å². The molecule has 0 radical (unpaired) electrons. The number of anilines is 1. The van der Waals surface area contributed by atoms with Crippen LogP contribution in [0, 0.1) is 23.1 Å². The molecule has 0 amide bonds. The van der Waals surface area contributed by atoms with E-state index in [0.717, 1.165) is 47.5 Å². The Morgan fingerprint density at radius 3 is 2.85 bits per heavy atom. The Bertz CT molecular complexity index is 1490. The zero-order valence-corrected chi connectivity index (χ0v) is 18.2. The second-order valence-electron chi connectivity index (χ2n) is 7.84. The van der Waals surface area contributed by atoms with Gasteiger partial charge in [0, 0.05) is 30.8 Å². The van der Waals surface area contributed by atoms with Gasteiger partial charge in [0.25, 0.3) is 0 Å². The molecule has 4 heterocycles. The lowest BCUT2D eigenvalue weighted by Crippen LogP contribution is -2.02. The van der Waals surface area contributed by atoms with Crippen molar-refractivity contribution in [2.75, 3.05) is 5.73 Å². The molecule has 3 N–H and O–H groups in total. The van der Waals surface area contributed by atoms with Crippen LogP contribution in [0.25, 0.3) is 33.4 Å². The van der Waals surface area contributed by atoms with Crippen molar-refractivity contribution >= 4 is 22.7 Å². The molecular weight excluding hydrogens is 419 g/mol. The molecule has 0 bridgehead atoms. The lowest BCUT2D eigenvalue weighted by Gasteiger charge is -2.12. The highest BCUT2D eigenvalue weighted by atomic mass is 19.1. The van der Waals surface area contributed by atoms with Gasteiger partial charge in [-0.15, -0.1) is 0 Å². The second kappa shape index (κ2) is 8.02. The number of hydrogen-bond acceptors (Lipinski definition) is 6. The lowest BCUT2D eigenvalue weighted by molar-refractivity contribution is 0.485. The maximum atomic E-state index is 14.9. The maximum Gasteiger partial charge on any atom is 0.184 e. The van der Waals surface area contributed by atoms with E-state index in [1.807, 2.05) is 12.3 Å². The van der Waals surface area contributed by atoms with Crippen LogP contribution in [0.1, 0.15) is 31.5 Å². The summed E-state index contributed by atoms with van der Waals surface area (Å²) in [5.41, 5.74) is 12.1. The molecule has 33 heavy (non-hydrogen) atoms. The number of rotatable bonds is 2. The first-order chi connectivity index (χ1) is 16.0. The third-order valence-electron chi connectivity index (χ3n) is 5.68. The van der Waals surface area contributed by atoms with Gasteiger partial charge in [-0.2, -0.15) is 0 Å². The maximum absolute atomic E-state index is 14.9. The molecular formula is C25H21FN6O. The van der Waals surface area contributed by atoms with E-state index in [4.69, 9.17) is 15.9 Å². The van der Waals surface area contributed by atoms with Crippen molar-refractivity contribution in [1.29, 1.82) is 5.41 Å². The smallest absolute Gasteiger partial charge is 0.184 e. The molecule has 1 aliphatic rings. The minimum Gasteiger partial charge on any atom is -0.441 e. The Kier molecular flexibility index (Phi) is 5.02. The summed E-state index contributed by atoms with van der Waals surface area (Å²) in [5, 5.41) is 8.17. The molecule has 3 aromatic heterocycles. The molecule has 0 fully saturated rings. The van der Waals surface area contributed by atoms with E-state index in [1.54, 1.807) is 13.0 Å². The fourth-order valence-corrected chi connectivity index (χ4v) is 4.42. The van der Waals surface area contributed by atoms with E-state index in [0.29, 0.717) is 22.4 Å². The number of ether oxygens (including phenoxy) is 1. The normalized spacial score (nSPS) is 12.3. The number of aryl methyl sites for hydroxylation is 2. The van der Waals surface area contributed by atoms with E-state index < -0.39 is 5.82 Å². The van der Waals surface area contributed by atoms with Crippen molar-refractivity contribution in [3.63, 3.8) is 0 Å². The summed E-state index contributed by atoms with van der Waals surface area (Å²) in [5.74, 6) is 5.59. The Morgan fingerprint density at radius 1 is 1.24 bits per heavy atom. The van der Waals surface area contributed by atoms with Gasteiger partial charge in [0.15, 0.2) is 17.5 Å². The first-order valence-corrected chi connectivity index (χ1v) is 10.6. The molecule has 0 atom stereocenters. The van der Waals surface area contributed by atoms with Gasteiger partial charge < -0.3 is 15.0 Å². The summed E-state index contributed by atoms with van der Waals surface area (Å²) in [6, 6.07) is 6.70. The van der Waals surface area contributed by atoms with Crippen molar-refractivity contribution in [1.82, 2.24) is 19.5 Å². The van der Waals surface area contributed by atoms with Crippen LogP contribution in [0.3, 0.4) is 0 Å². The summed E-state index contributed by atoms with van der Waals surface area (Å²) in [6.45, 7) is 3.96. The molecule has 1 aliphatic heterocycles. The highest BCUT2D eigenvalue weighted by Gasteiger charge is 2.27. The number of nitrogens with one attached hydrogen (secondary N) is 1. The Morgan fingerprint density at radius 2 is 2.09 bits per heavy atom. The first kappa shape index (κ1) is 20.6. The lowest BCUT2D eigenvalue weighted by atomic mass is 9.95.